The van der Waals surface area contributed by atoms with Gasteiger partial charge in [0.05, 0.1) is 17.8 Å². The second-order valence-corrected chi connectivity index (χ2v) is 6.36. The predicted octanol–water partition coefficient (Wildman–Crippen LogP) is 2.59. The highest BCUT2D eigenvalue weighted by Crippen LogP contribution is 2.36. The summed E-state index contributed by atoms with van der Waals surface area (Å²) in [5.41, 5.74) is 2.44. The van der Waals surface area contributed by atoms with Crippen molar-refractivity contribution in [2.24, 2.45) is 7.05 Å². The molecule has 2 heterocycles. The molecule has 0 spiro atoms. The number of benzene rings is 1. The maximum absolute atomic E-state index is 14.8. The van der Waals surface area contributed by atoms with Crippen molar-refractivity contribution in [3.63, 3.8) is 0 Å². The van der Waals surface area contributed by atoms with Gasteiger partial charge in [-0.15, -0.1) is 0 Å². The van der Waals surface area contributed by atoms with E-state index in [0.29, 0.717) is 47.7 Å². The number of halogens is 1. The first-order valence-corrected chi connectivity index (χ1v) is 8.50. The Hall–Kier alpha value is -3.03. The lowest BCUT2D eigenvalue weighted by atomic mass is 10.0. The van der Waals surface area contributed by atoms with E-state index in [2.05, 4.69) is 20.6 Å². The van der Waals surface area contributed by atoms with Crippen molar-refractivity contribution in [3.05, 3.63) is 52.9 Å². The van der Waals surface area contributed by atoms with Gasteiger partial charge < -0.3 is 9.84 Å². The summed E-state index contributed by atoms with van der Waals surface area (Å²) in [5.74, 6) is 0.272. The maximum Gasteiger partial charge on any atom is 0.254 e. The van der Waals surface area contributed by atoms with Crippen LogP contribution in [0.1, 0.15) is 46.8 Å². The van der Waals surface area contributed by atoms with Crippen LogP contribution in [0.15, 0.2) is 29.0 Å². The van der Waals surface area contributed by atoms with Gasteiger partial charge in [-0.1, -0.05) is 12.1 Å². The van der Waals surface area contributed by atoms with Gasteiger partial charge in [0.1, 0.15) is 5.82 Å². The maximum atomic E-state index is 14.8. The minimum Gasteiger partial charge on any atom is -0.345 e. The molecule has 0 saturated carbocycles. The molecule has 1 unspecified atom stereocenters. The molecule has 1 amide bonds. The lowest BCUT2D eigenvalue weighted by molar-refractivity contribution is 0.0936. The Bertz CT molecular complexity index is 978. The molecule has 1 atom stereocenters. The molecule has 8 heteroatoms. The largest absolute Gasteiger partial charge is 0.345 e. The molecule has 1 N–H and O–H groups in total. The van der Waals surface area contributed by atoms with Crippen molar-refractivity contribution in [3.8, 4) is 11.4 Å². The molecule has 0 fully saturated rings. The third-order valence-corrected chi connectivity index (χ3v) is 4.57. The zero-order chi connectivity index (χ0) is 18.3. The number of fused-ring (bicyclic) bond motifs is 1. The highest BCUT2D eigenvalue weighted by Gasteiger charge is 2.29. The quantitative estimate of drug-likeness (QED) is 0.777. The van der Waals surface area contributed by atoms with Crippen molar-refractivity contribution in [1.82, 2.24) is 25.2 Å². The number of carbonyl (C=O) groups is 1. The van der Waals surface area contributed by atoms with Gasteiger partial charge in [-0.3, -0.25) is 9.48 Å². The molecule has 4 rings (SSSR count). The fourth-order valence-corrected chi connectivity index (χ4v) is 3.29. The second kappa shape index (κ2) is 6.36. The van der Waals surface area contributed by atoms with Gasteiger partial charge in [-0.2, -0.15) is 10.1 Å². The van der Waals surface area contributed by atoms with Gasteiger partial charge in [0.15, 0.2) is 0 Å². The number of rotatable bonds is 4. The average Bonchev–Trinajstić information content (AvgIpc) is 3.34. The van der Waals surface area contributed by atoms with Crippen LogP contribution >= 0.6 is 0 Å². The molecule has 0 bridgehead atoms. The Labute approximate surface area is 149 Å². The third kappa shape index (κ3) is 2.87. The zero-order valence-electron chi connectivity index (χ0n) is 14.5. The van der Waals surface area contributed by atoms with Crippen LogP contribution in [-0.2, 0) is 19.9 Å². The molecule has 0 saturated heterocycles. The predicted molar refractivity (Wildman–Crippen MR) is 90.8 cm³/mol. The Balaban J connectivity index is 1.60. The van der Waals surface area contributed by atoms with E-state index in [1.807, 2.05) is 13.0 Å². The van der Waals surface area contributed by atoms with Crippen LogP contribution in [0, 0.1) is 5.82 Å². The van der Waals surface area contributed by atoms with E-state index in [-0.39, 0.29) is 17.8 Å². The normalized spacial score (nSPS) is 15.9. The van der Waals surface area contributed by atoms with Gasteiger partial charge >= 0.3 is 0 Å². The van der Waals surface area contributed by atoms with Gasteiger partial charge in [-0.25, -0.2) is 4.39 Å². The number of hydrogen-bond donors (Lipinski definition) is 1. The molecule has 134 valence electrons. The second-order valence-electron chi connectivity index (χ2n) is 6.36. The van der Waals surface area contributed by atoms with Crippen LogP contribution in [0.4, 0.5) is 4.39 Å². The molecule has 1 aliphatic carbocycles. The Morgan fingerprint density at radius 1 is 1.46 bits per heavy atom. The Kier molecular flexibility index (Phi) is 4.02. The van der Waals surface area contributed by atoms with Gasteiger partial charge in [0.25, 0.3) is 5.91 Å². The van der Waals surface area contributed by atoms with E-state index < -0.39 is 0 Å². The van der Waals surface area contributed by atoms with Crippen LogP contribution in [0.25, 0.3) is 11.4 Å². The Morgan fingerprint density at radius 3 is 3.00 bits per heavy atom. The molecule has 26 heavy (non-hydrogen) atoms. The van der Waals surface area contributed by atoms with Crippen LogP contribution in [0.2, 0.25) is 0 Å². The fraction of sp³-hybridized carbons (Fsp3) is 0.333. The first-order chi connectivity index (χ1) is 12.5. The molecular formula is C18H18FN5O2. The van der Waals surface area contributed by atoms with Crippen LogP contribution in [0.5, 0.6) is 0 Å². The summed E-state index contributed by atoms with van der Waals surface area (Å²) < 4.78 is 21.4. The van der Waals surface area contributed by atoms with Crippen molar-refractivity contribution >= 4 is 5.91 Å². The first kappa shape index (κ1) is 16.4. The summed E-state index contributed by atoms with van der Waals surface area (Å²) in [6.45, 7) is 1.91. The average molecular weight is 355 g/mol. The summed E-state index contributed by atoms with van der Waals surface area (Å²) in [6.07, 6.45) is 5.08. The number of aryl methyl sites for hydroxylation is 3. The summed E-state index contributed by atoms with van der Waals surface area (Å²) in [6, 6.07) is 2.92. The van der Waals surface area contributed by atoms with Crippen molar-refractivity contribution in [2.45, 2.75) is 32.2 Å². The summed E-state index contributed by atoms with van der Waals surface area (Å²) in [4.78, 5) is 16.6. The number of hydrogen-bond acceptors (Lipinski definition) is 5. The van der Waals surface area contributed by atoms with Crippen LogP contribution < -0.4 is 5.32 Å². The number of nitrogens with zero attached hydrogens (tertiary/aromatic N) is 4. The van der Waals surface area contributed by atoms with E-state index in [1.54, 1.807) is 17.9 Å². The van der Waals surface area contributed by atoms with Crippen molar-refractivity contribution < 1.29 is 13.7 Å². The molecule has 0 radical (unpaired) electrons. The van der Waals surface area contributed by atoms with Gasteiger partial charge in [-0.05, 0) is 30.5 Å². The molecule has 7 nitrogen and oxygen atoms in total. The third-order valence-electron chi connectivity index (χ3n) is 4.57. The van der Waals surface area contributed by atoms with E-state index in [4.69, 9.17) is 4.52 Å². The number of carbonyl (C=O) groups excluding carboxylic acids is 1. The van der Waals surface area contributed by atoms with E-state index in [9.17, 15) is 9.18 Å². The van der Waals surface area contributed by atoms with E-state index in [0.717, 1.165) is 5.56 Å². The van der Waals surface area contributed by atoms with Gasteiger partial charge in [0.2, 0.25) is 11.7 Å². The standard InChI is InChI=1S/C18H18FN5O2/c1-3-15-22-17(23-26-15)11-6-10-4-5-14(16(10)13(19)7-11)21-18(25)12-8-20-24(2)9-12/h6-9,14H,3-5H2,1-2H3,(H,21,25). The highest BCUT2D eigenvalue weighted by molar-refractivity contribution is 5.94. The van der Waals surface area contributed by atoms with Crippen molar-refractivity contribution in [1.29, 1.82) is 0 Å². The lowest BCUT2D eigenvalue weighted by Gasteiger charge is -2.14. The minimum atomic E-state index is -0.366. The monoisotopic (exact) mass is 355 g/mol. The molecule has 3 aromatic rings. The summed E-state index contributed by atoms with van der Waals surface area (Å²) in [5, 5.41) is 10.8. The minimum absolute atomic E-state index is 0.259. The van der Waals surface area contributed by atoms with E-state index >= 15 is 0 Å². The lowest BCUT2D eigenvalue weighted by Crippen LogP contribution is -2.27. The van der Waals surface area contributed by atoms with Crippen LogP contribution in [0.3, 0.4) is 0 Å². The summed E-state index contributed by atoms with van der Waals surface area (Å²) >= 11 is 0. The topological polar surface area (TPSA) is 85.8 Å². The molecule has 1 aliphatic rings. The molecule has 0 aliphatic heterocycles. The fourth-order valence-electron chi connectivity index (χ4n) is 3.29. The summed E-state index contributed by atoms with van der Waals surface area (Å²) in [7, 11) is 1.74. The smallest absolute Gasteiger partial charge is 0.254 e. The zero-order valence-corrected chi connectivity index (χ0v) is 14.5. The highest BCUT2D eigenvalue weighted by atomic mass is 19.1. The Morgan fingerprint density at radius 2 is 2.31 bits per heavy atom. The van der Waals surface area contributed by atoms with E-state index in [1.165, 1.54) is 12.3 Å². The molecular weight excluding hydrogens is 337 g/mol. The SMILES string of the molecule is CCc1nc(-c2cc(F)c3c(c2)CCC3NC(=O)c2cnn(C)c2)no1. The van der Waals surface area contributed by atoms with Crippen LogP contribution in [-0.4, -0.2) is 25.8 Å². The number of amides is 1. The number of aromatic nitrogens is 4. The van der Waals surface area contributed by atoms with Gasteiger partial charge in [0, 0.05) is 30.8 Å². The first-order valence-electron chi connectivity index (χ1n) is 8.50. The van der Waals surface area contributed by atoms with Crippen molar-refractivity contribution in [2.75, 3.05) is 0 Å². The molecule has 1 aromatic carbocycles. The molecule has 2 aromatic heterocycles. The number of nitrogens with one attached hydrogen (secondary N) is 1.